The van der Waals surface area contributed by atoms with Gasteiger partial charge in [-0.15, -0.1) is 0 Å². The summed E-state index contributed by atoms with van der Waals surface area (Å²) in [5.41, 5.74) is 5.69. The van der Waals surface area contributed by atoms with Crippen molar-refractivity contribution in [3.05, 3.63) is 35.5 Å². The van der Waals surface area contributed by atoms with E-state index in [2.05, 4.69) is 25.6 Å². The number of benzene rings is 1. The molecule has 0 radical (unpaired) electrons. The molecule has 13 heteroatoms. The topological polar surface area (TPSA) is 144 Å². The average molecular weight is 515 g/mol. The Hall–Kier alpha value is -3.92. The number of imidazole rings is 1. The van der Waals surface area contributed by atoms with Gasteiger partial charge in [-0.3, -0.25) is 9.36 Å². The zero-order valence-electron chi connectivity index (χ0n) is 19.8. The smallest absolute Gasteiger partial charge is 0.224 e. The second kappa shape index (κ2) is 10.2. The number of rotatable bonds is 6. The molecular weight excluding hydrogens is 489 g/mol. The van der Waals surface area contributed by atoms with Crippen molar-refractivity contribution in [2.45, 2.75) is 57.0 Å². The second-order valence-corrected chi connectivity index (χ2v) is 9.31. The normalized spacial score (nSPS) is 23.9. The molecule has 1 aliphatic carbocycles. The standard InChI is InChI=1S/C24H25F3N8O2/c25-16-7-12(10-28)8-17(26)20(16)33-24-32-18-11-30-23(31-14-5-6-37-19(27)9-14)34-22(18)35(24)15-3-1-13(2-4-15)21(29)36/h7-8,11,13-15,19H,1-6,9H2,(H2,29,36)(H,32,33)(H,30,31,34)/t13?,14-,15?,19+/m0/s1. The number of nitrogens with zero attached hydrogens (tertiary/aromatic N) is 5. The van der Waals surface area contributed by atoms with Gasteiger partial charge in [0.05, 0.1) is 24.4 Å². The van der Waals surface area contributed by atoms with E-state index >= 15 is 0 Å². The Balaban J connectivity index is 1.52. The highest BCUT2D eigenvalue weighted by Crippen LogP contribution is 2.37. The lowest BCUT2D eigenvalue weighted by Crippen LogP contribution is -2.32. The lowest BCUT2D eigenvalue weighted by molar-refractivity contribution is -0.122. The number of nitrogens with two attached hydrogens (primary N) is 1. The summed E-state index contributed by atoms with van der Waals surface area (Å²) in [6, 6.07) is 3.18. The van der Waals surface area contributed by atoms with E-state index in [1.807, 2.05) is 0 Å². The number of hydrogen-bond donors (Lipinski definition) is 3. The maximum absolute atomic E-state index is 14.7. The average Bonchev–Trinajstić information content (AvgIpc) is 3.23. The molecule has 1 amide bonds. The Morgan fingerprint density at radius 2 is 1.89 bits per heavy atom. The number of alkyl halides is 1. The van der Waals surface area contributed by atoms with E-state index in [4.69, 9.17) is 15.7 Å². The van der Waals surface area contributed by atoms with Gasteiger partial charge in [-0.05, 0) is 44.2 Å². The highest BCUT2D eigenvalue weighted by atomic mass is 19.1. The summed E-state index contributed by atoms with van der Waals surface area (Å²) in [5.74, 6) is -2.08. The lowest BCUT2D eigenvalue weighted by atomic mass is 9.85. The molecule has 3 heterocycles. The minimum atomic E-state index is -1.37. The van der Waals surface area contributed by atoms with Gasteiger partial charge in [0.25, 0.3) is 0 Å². The van der Waals surface area contributed by atoms with E-state index in [1.54, 1.807) is 10.6 Å². The second-order valence-electron chi connectivity index (χ2n) is 9.31. The summed E-state index contributed by atoms with van der Waals surface area (Å²) in [7, 11) is 0. The molecule has 2 aliphatic rings. The molecule has 3 aromatic rings. The number of nitriles is 1. The van der Waals surface area contributed by atoms with Gasteiger partial charge in [0, 0.05) is 24.4 Å². The SMILES string of the molecule is N#Cc1cc(F)c(Nc2nc3cnc(N[C@H]4CCO[C@@H](F)C4)nc3n2C2CCC(C(N)=O)CC2)c(F)c1. The number of carbonyl (C=O) groups is 1. The van der Waals surface area contributed by atoms with Crippen LogP contribution in [0.1, 0.15) is 50.1 Å². The van der Waals surface area contributed by atoms with Crippen LogP contribution in [0.3, 0.4) is 0 Å². The summed E-state index contributed by atoms with van der Waals surface area (Å²) in [6.07, 6.45) is 3.10. The lowest BCUT2D eigenvalue weighted by Gasteiger charge is -2.29. The van der Waals surface area contributed by atoms with Crippen LogP contribution in [0.15, 0.2) is 18.3 Å². The van der Waals surface area contributed by atoms with E-state index < -0.39 is 23.7 Å². The minimum absolute atomic E-state index is 0.140. The number of primary amides is 1. The molecule has 5 rings (SSSR count). The third-order valence-corrected chi connectivity index (χ3v) is 6.87. The highest BCUT2D eigenvalue weighted by molar-refractivity contribution is 5.78. The first-order valence-electron chi connectivity index (χ1n) is 12.0. The van der Waals surface area contributed by atoms with Gasteiger partial charge < -0.3 is 21.1 Å². The maximum atomic E-state index is 14.7. The molecular formula is C24H25F3N8O2. The van der Waals surface area contributed by atoms with Gasteiger partial charge in [-0.1, -0.05) is 0 Å². The number of halogens is 3. The van der Waals surface area contributed by atoms with Crippen LogP contribution in [0.4, 0.5) is 30.8 Å². The summed E-state index contributed by atoms with van der Waals surface area (Å²) >= 11 is 0. The third kappa shape index (κ3) is 5.15. The molecule has 37 heavy (non-hydrogen) atoms. The van der Waals surface area contributed by atoms with Crippen LogP contribution in [0.25, 0.3) is 11.2 Å². The Bertz CT molecular complexity index is 1340. The Labute approximate surface area is 210 Å². The van der Waals surface area contributed by atoms with Crippen LogP contribution in [-0.4, -0.2) is 44.4 Å². The summed E-state index contributed by atoms with van der Waals surface area (Å²) < 4.78 is 49.7. The Kier molecular flexibility index (Phi) is 6.84. The van der Waals surface area contributed by atoms with E-state index in [9.17, 15) is 18.0 Å². The summed E-state index contributed by atoms with van der Waals surface area (Å²) in [6.45, 7) is 0.276. The van der Waals surface area contributed by atoms with Gasteiger partial charge in [0.2, 0.25) is 24.2 Å². The zero-order chi connectivity index (χ0) is 26.1. The Morgan fingerprint density at radius 1 is 1.16 bits per heavy atom. The van der Waals surface area contributed by atoms with Crippen molar-refractivity contribution in [1.29, 1.82) is 5.26 Å². The fourth-order valence-corrected chi connectivity index (χ4v) is 4.94. The van der Waals surface area contributed by atoms with Crippen molar-refractivity contribution >= 4 is 34.7 Å². The van der Waals surface area contributed by atoms with Gasteiger partial charge >= 0.3 is 0 Å². The molecule has 2 atom stereocenters. The predicted molar refractivity (Wildman–Crippen MR) is 127 cm³/mol. The van der Waals surface area contributed by atoms with Crippen molar-refractivity contribution in [1.82, 2.24) is 19.5 Å². The molecule has 1 aromatic carbocycles. The molecule has 2 aromatic heterocycles. The maximum Gasteiger partial charge on any atom is 0.224 e. The molecule has 0 bridgehead atoms. The number of ether oxygens (including phenoxy) is 1. The van der Waals surface area contributed by atoms with Crippen LogP contribution in [-0.2, 0) is 9.53 Å². The highest BCUT2D eigenvalue weighted by Gasteiger charge is 2.30. The third-order valence-electron chi connectivity index (χ3n) is 6.87. The summed E-state index contributed by atoms with van der Waals surface area (Å²) in [4.78, 5) is 25.1. The molecule has 1 saturated heterocycles. The first-order valence-corrected chi connectivity index (χ1v) is 12.0. The predicted octanol–water partition coefficient (Wildman–Crippen LogP) is 3.82. The fourth-order valence-electron chi connectivity index (χ4n) is 4.94. The molecule has 2 fully saturated rings. The van der Waals surface area contributed by atoms with E-state index in [-0.39, 0.29) is 54.4 Å². The van der Waals surface area contributed by atoms with Gasteiger partial charge in [-0.25, -0.2) is 23.1 Å². The van der Waals surface area contributed by atoms with Crippen molar-refractivity contribution in [3.8, 4) is 6.07 Å². The van der Waals surface area contributed by atoms with E-state index in [0.29, 0.717) is 43.3 Å². The van der Waals surface area contributed by atoms with Crippen molar-refractivity contribution in [3.63, 3.8) is 0 Å². The first-order chi connectivity index (χ1) is 17.8. The van der Waals surface area contributed by atoms with Gasteiger partial charge in [0.1, 0.15) is 11.2 Å². The molecule has 10 nitrogen and oxygen atoms in total. The number of amides is 1. The number of fused-ring (bicyclic) bond motifs is 1. The fraction of sp³-hybridized carbons (Fsp3) is 0.458. The molecule has 4 N–H and O–H groups in total. The van der Waals surface area contributed by atoms with Crippen LogP contribution in [0.5, 0.6) is 0 Å². The van der Waals surface area contributed by atoms with Crippen molar-refractivity contribution < 1.29 is 22.7 Å². The monoisotopic (exact) mass is 514 g/mol. The largest absolute Gasteiger partial charge is 0.369 e. The number of anilines is 3. The van der Waals surface area contributed by atoms with Crippen LogP contribution >= 0.6 is 0 Å². The molecule has 194 valence electrons. The minimum Gasteiger partial charge on any atom is -0.369 e. The van der Waals surface area contributed by atoms with Gasteiger partial charge in [0.15, 0.2) is 17.3 Å². The number of aromatic nitrogens is 4. The Morgan fingerprint density at radius 3 is 2.54 bits per heavy atom. The zero-order valence-corrected chi connectivity index (χ0v) is 19.8. The van der Waals surface area contributed by atoms with Crippen molar-refractivity contribution in [2.75, 3.05) is 17.2 Å². The number of hydrogen-bond acceptors (Lipinski definition) is 8. The van der Waals surface area contributed by atoms with Crippen LogP contribution in [0, 0.1) is 28.9 Å². The molecule has 0 unspecified atom stereocenters. The quantitative estimate of drug-likeness (QED) is 0.450. The molecule has 1 saturated carbocycles. The summed E-state index contributed by atoms with van der Waals surface area (Å²) in [5, 5.41) is 14.9. The van der Waals surface area contributed by atoms with Gasteiger partial charge in [-0.2, -0.15) is 10.2 Å². The molecule has 1 aliphatic heterocycles. The van der Waals surface area contributed by atoms with Crippen LogP contribution in [0.2, 0.25) is 0 Å². The number of carbonyl (C=O) groups excluding carboxylic acids is 1. The first kappa shape index (κ1) is 24.8. The van der Waals surface area contributed by atoms with Crippen LogP contribution < -0.4 is 16.4 Å². The molecule has 0 spiro atoms. The van der Waals surface area contributed by atoms with Crippen molar-refractivity contribution in [2.24, 2.45) is 11.7 Å². The van der Waals surface area contributed by atoms with E-state index in [0.717, 1.165) is 12.1 Å². The van der Waals surface area contributed by atoms with E-state index in [1.165, 1.54) is 6.20 Å². The number of nitrogens with one attached hydrogen (secondary N) is 2.